The number of phenols is 1. The van der Waals surface area contributed by atoms with Crippen LogP contribution >= 0.6 is 0 Å². The number of benzene rings is 2. The van der Waals surface area contributed by atoms with Crippen LogP contribution in [0.15, 0.2) is 18.2 Å². The number of amides is 1. The van der Waals surface area contributed by atoms with Gasteiger partial charge < -0.3 is 16.2 Å². The monoisotopic (exact) mass is 318 g/mol. The van der Waals surface area contributed by atoms with Crippen molar-refractivity contribution < 1.29 is 31.9 Å². The highest BCUT2D eigenvalue weighted by Crippen LogP contribution is 2.28. The van der Waals surface area contributed by atoms with Gasteiger partial charge in [-0.05, 0) is 18.2 Å². The SMILES string of the molecule is Nc1ccc(O)c(NC(=O)c2c(F)c(F)c(F)c(F)c2F)c1. The summed E-state index contributed by atoms with van der Waals surface area (Å²) in [6.07, 6.45) is 0. The van der Waals surface area contributed by atoms with Crippen LogP contribution in [-0.2, 0) is 0 Å². The zero-order chi connectivity index (χ0) is 16.6. The fourth-order valence-electron chi connectivity index (χ4n) is 1.64. The smallest absolute Gasteiger partial charge is 0.261 e. The highest BCUT2D eigenvalue weighted by molar-refractivity contribution is 6.05. The molecule has 0 aliphatic rings. The van der Waals surface area contributed by atoms with Gasteiger partial charge in [-0.1, -0.05) is 0 Å². The number of phenolic OH excluding ortho intramolecular Hbond substituents is 1. The third kappa shape index (κ3) is 2.52. The van der Waals surface area contributed by atoms with E-state index in [1.165, 1.54) is 6.07 Å². The van der Waals surface area contributed by atoms with Gasteiger partial charge in [0.15, 0.2) is 23.3 Å². The van der Waals surface area contributed by atoms with Crippen LogP contribution in [0.3, 0.4) is 0 Å². The van der Waals surface area contributed by atoms with E-state index in [9.17, 15) is 31.9 Å². The average Bonchev–Trinajstić information content (AvgIpc) is 2.47. The van der Waals surface area contributed by atoms with Crippen LogP contribution in [0, 0.1) is 29.1 Å². The van der Waals surface area contributed by atoms with E-state index in [1.54, 1.807) is 0 Å². The first-order valence-corrected chi connectivity index (χ1v) is 5.65. The molecule has 0 heterocycles. The summed E-state index contributed by atoms with van der Waals surface area (Å²) in [6.45, 7) is 0. The lowest BCUT2D eigenvalue weighted by atomic mass is 10.1. The van der Waals surface area contributed by atoms with Crippen LogP contribution in [0.5, 0.6) is 5.75 Å². The Morgan fingerprint density at radius 3 is 2.00 bits per heavy atom. The Bertz CT molecular complexity index is 751. The molecule has 0 saturated heterocycles. The molecule has 9 heteroatoms. The molecule has 0 aromatic heterocycles. The van der Waals surface area contributed by atoms with Crippen LogP contribution in [-0.4, -0.2) is 11.0 Å². The highest BCUT2D eigenvalue weighted by atomic mass is 19.2. The normalized spacial score (nSPS) is 10.6. The van der Waals surface area contributed by atoms with Gasteiger partial charge in [-0.3, -0.25) is 4.79 Å². The van der Waals surface area contributed by atoms with E-state index in [0.29, 0.717) is 0 Å². The minimum absolute atomic E-state index is 0.0884. The first kappa shape index (κ1) is 15.5. The topological polar surface area (TPSA) is 75.3 Å². The number of halogens is 5. The van der Waals surface area contributed by atoms with Crippen LogP contribution in [0.1, 0.15) is 10.4 Å². The predicted molar refractivity (Wildman–Crippen MR) is 66.7 cm³/mol. The van der Waals surface area contributed by atoms with Crippen molar-refractivity contribution in [1.82, 2.24) is 0 Å². The summed E-state index contributed by atoms with van der Waals surface area (Å²) in [5.74, 6) is -13.6. The van der Waals surface area contributed by atoms with E-state index >= 15 is 0 Å². The van der Waals surface area contributed by atoms with Gasteiger partial charge in [0, 0.05) is 5.69 Å². The predicted octanol–water partition coefficient (Wildman–Crippen LogP) is 2.92. The molecular weight excluding hydrogens is 311 g/mol. The number of carbonyl (C=O) groups is 1. The zero-order valence-electron chi connectivity index (χ0n) is 10.6. The molecule has 1 amide bonds. The van der Waals surface area contributed by atoms with Crippen LogP contribution < -0.4 is 11.1 Å². The molecule has 0 aliphatic heterocycles. The van der Waals surface area contributed by atoms with Gasteiger partial charge in [0.05, 0.1) is 5.69 Å². The van der Waals surface area contributed by atoms with E-state index in [4.69, 9.17) is 5.73 Å². The molecule has 4 nitrogen and oxygen atoms in total. The molecule has 2 aromatic carbocycles. The summed E-state index contributed by atoms with van der Waals surface area (Å²) in [6, 6.07) is 3.38. The van der Waals surface area contributed by atoms with E-state index in [1.807, 2.05) is 5.32 Å². The van der Waals surface area contributed by atoms with Crippen molar-refractivity contribution in [2.24, 2.45) is 0 Å². The molecule has 0 aliphatic carbocycles. The van der Waals surface area contributed by atoms with Gasteiger partial charge in [-0.25, -0.2) is 22.0 Å². The molecule has 0 atom stereocenters. The second-order valence-corrected chi connectivity index (χ2v) is 4.18. The highest BCUT2D eigenvalue weighted by Gasteiger charge is 2.30. The first-order chi connectivity index (χ1) is 10.2. The summed E-state index contributed by atoms with van der Waals surface area (Å²) >= 11 is 0. The molecule has 0 bridgehead atoms. The van der Waals surface area contributed by atoms with Crippen molar-refractivity contribution >= 4 is 17.3 Å². The summed E-state index contributed by atoms with van der Waals surface area (Å²) < 4.78 is 65.9. The molecule has 116 valence electrons. The number of hydrogen-bond donors (Lipinski definition) is 3. The standard InChI is InChI=1S/C13H7F5N2O2/c14-8-7(9(15)11(17)12(18)10(8)16)13(22)20-5-3-4(19)1-2-6(5)21/h1-3,21H,19H2,(H,20,22). The lowest BCUT2D eigenvalue weighted by Crippen LogP contribution is -2.19. The quantitative estimate of drug-likeness (QED) is 0.199. The average molecular weight is 318 g/mol. The second-order valence-electron chi connectivity index (χ2n) is 4.18. The zero-order valence-corrected chi connectivity index (χ0v) is 10.6. The number of hydrogen-bond acceptors (Lipinski definition) is 3. The Morgan fingerprint density at radius 2 is 1.45 bits per heavy atom. The van der Waals surface area contributed by atoms with Crippen molar-refractivity contribution in [3.63, 3.8) is 0 Å². The number of aromatic hydroxyl groups is 1. The fourth-order valence-corrected chi connectivity index (χ4v) is 1.64. The summed E-state index contributed by atoms with van der Waals surface area (Å²) in [5, 5.41) is 11.3. The Morgan fingerprint density at radius 1 is 0.955 bits per heavy atom. The third-order valence-electron chi connectivity index (χ3n) is 2.71. The molecule has 2 aromatic rings. The second kappa shape index (κ2) is 5.51. The third-order valence-corrected chi connectivity index (χ3v) is 2.71. The summed E-state index contributed by atoms with van der Waals surface area (Å²) in [5.41, 5.74) is 3.46. The van der Waals surface area contributed by atoms with Crippen molar-refractivity contribution in [2.75, 3.05) is 11.1 Å². The van der Waals surface area contributed by atoms with Crippen molar-refractivity contribution in [2.45, 2.75) is 0 Å². The number of carbonyl (C=O) groups excluding carboxylic acids is 1. The molecule has 22 heavy (non-hydrogen) atoms. The number of nitrogens with one attached hydrogen (secondary N) is 1. The van der Waals surface area contributed by atoms with E-state index < -0.39 is 46.3 Å². The van der Waals surface area contributed by atoms with E-state index in [-0.39, 0.29) is 11.4 Å². The van der Waals surface area contributed by atoms with Crippen LogP contribution in [0.2, 0.25) is 0 Å². The maximum Gasteiger partial charge on any atom is 0.261 e. The lowest BCUT2D eigenvalue weighted by molar-refractivity contribution is 0.101. The maximum atomic E-state index is 13.5. The fraction of sp³-hybridized carbons (Fsp3) is 0. The molecule has 0 unspecified atom stereocenters. The minimum Gasteiger partial charge on any atom is -0.506 e. The summed E-state index contributed by atoms with van der Waals surface area (Å²) in [4.78, 5) is 11.7. The van der Waals surface area contributed by atoms with Gasteiger partial charge >= 0.3 is 0 Å². The Labute approximate surface area is 120 Å². The molecule has 0 spiro atoms. The lowest BCUT2D eigenvalue weighted by Gasteiger charge is -2.10. The molecule has 2 rings (SSSR count). The number of nitrogen functional groups attached to an aromatic ring is 1. The molecule has 4 N–H and O–H groups in total. The van der Waals surface area contributed by atoms with Crippen molar-refractivity contribution in [3.05, 3.63) is 52.8 Å². The first-order valence-electron chi connectivity index (χ1n) is 5.65. The summed E-state index contributed by atoms with van der Waals surface area (Å²) in [7, 11) is 0. The molecular formula is C13H7F5N2O2. The van der Waals surface area contributed by atoms with Gasteiger partial charge in [0.25, 0.3) is 5.91 Å². The number of anilines is 2. The largest absolute Gasteiger partial charge is 0.506 e. The Hall–Kier alpha value is -2.84. The van der Waals surface area contributed by atoms with E-state index in [2.05, 4.69) is 0 Å². The number of nitrogens with two attached hydrogens (primary N) is 1. The van der Waals surface area contributed by atoms with Crippen LogP contribution in [0.25, 0.3) is 0 Å². The van der Waals surface area contributed by atoms with Crippen molar-refractivity contribution in [3.8, 4) is 5.75 Å². The van der Waals surface area contributed by atoms with Gasteiger partial charge in [0.1, 0.15) is 11.3 Å². The van der Waals surface area contributed by atoms with Gasteiger partial charge in [0.2, 0.25) is 5.82 Å². The van der Waals surface area contributed by atoms with Crippen LogP contribution in [0.4, 0.5) is 33.3 Å². The molecule has 0 saturated carbocycles. The Kier molecular flexibility index (Phi) is 3.89. The Balaban J connectivity index is 2.49. The molecule has 0 fully saturated rings. The van der Waals surface area contributed by atoms with E-state index in [0.717, 1.165) is 12.1 Å². The minimum atomic E-state index is -2.38. The number of rotatable bonds is 2. The van der Waals surface area contributed by atoms with Gasteiger partial charge in [-0.2, -0.15) is 0 Å². The van der Waals surface area contributed by atoms with Crippen molar-refractivity contribution in [1.29, 1.82) is 0 Å². The molecule has 0 radical (unpaired) electrons. The maximum absolute atomic E-state index is 13.5. The van der Waals surface area contributed by atoms with Gasteiger partial charge in [-0.15, -0.1) is 0 Å².